The van der Waals surface area contributed by atoms with E-state index in [1.54, 1.807) is 30.3 Å². The molecule has 7 nitrogen and oxygen atoms in total. The van der Waals surface area contributed by atoms with E-state index in [-0.39, 0.29) is 40.8 Å². The number of carbonyl (C=O) groups excluding carboxylic acids is 1. The van der Waals surface area contributed by atoms with E-state index >= 15 is 0 Å². The van der Waals surface area contributed by atoms with E-state index in [9.17, 15) is 13.2 Å². The van der Waals surface area contributed by atoms with E-state index in [4.69, 9.17) is 4.42 Å². The highest BCUT2D eigenvalue weighted by Gasteiger charge is 2.23. The third kappa shape index (κ3) is 4.66. The molecule has 3 rings (SSSR count). The quantitative estimate of drug-likeness (QED) is 0.846. The molecule has 1 heterocycles. The van der Waals surface area contributed by atoms with E-state index in [0.717, 1.165) is 25.7 Å². The lowest BCUT2D eigenvalue weighted by Crippen LogP contribution is -2.24. The molecule has 0 spiro atoms. The molecule has 0 unspecified atom stereocenters. The number of sulfone groups is 1. The Bertz CT molecular complexity index is 811. The van der Waals surface area contributed by atoms with Crippen LogP contribution < -0.4 is 5.32 Å². The van der Waals surface area contributed by atoms with E-state index in [2.05, 4.69) is 15.5 Å². The number of nitrogens with zero attached hydrogens (tertiary/aromatic N) is 2. The molecular weight excluding hydrogens is 342 g/mol. The predicted octanol–water partition coefficient (Wildman–Crippen LogP) is 2.60. The number of aromatic nitrogens is 2. The molecule has 1 aromatic carbocycles. The molecule has 1 aliphatic carbocycles. The van der Waals surface area contributed by atoms with Crippen LogP contribution in [-0.4, -0.2) is 30.3 Å². The molecule has 25 heavy (non-hydrogen) atoms. The number of nitrogens with one attached hydrogen (secondary N) is 1. The zero-order valence-corrected chi connectivity index (χ0v) is 14.7. The number of rotatable bonds is 6. The van der Waals surface area contributed by atoms with E-state index in [1.165, 1.54) is 6.42 Å². The van der Waals surface area contributed by atoms with E-state index < -0.39 is 9.84 Å². The molecule has 1 aromatic heterocycles. The van der Waals surface area contributed by atoms with Crippen molar-refractivity contribution in [2.45, 2.75) is 43.4 Å². The summed E-state index contributed by atoms with van der Waals surface area (Å²) in [6.45, 7) is 0. The zero-order valence-electron chi connectivity index (χ0n) is 13.8. The summed E-state index contributed by atoms with van der Waals surface area (Å²) in [5, 5.41) is 10.2. The van der Waals surface area contributed by atoms with Gasteiger partial charge in [0, 0.05) is 12.3 Å². The van der Waals surface area contributed by atoms with Crippen LogP contribution in [0.3, 0.4) is 0 Å². The van der Waals surface area contributed by atoms with Crippen LogP contribution in [0.5, 0.6) is 0 Å². The molecule has 0 atom stereocenters. The topological polar surface area (TPSA) is 102 Å². The van der Waals surface area contributed by atoms with Crippen LogP contribution in [0, 0.1) is 5.92 Å². The minimum absolute atomic E-state index is 0.0115. The molecule has 0 radical (unpaired) electrons. The van der Waals surface area contributed by atoms with Crippen molar-refractivity contribution in [2.75, 3.05) is 11.1 Å². The minimum atomic E-state index is -3.40. The first-order chi connectivity index (χ1) is 12.0. The van der Waals surface area contributed by atoms with Crippen LogP contribution in [0.15, 0.2) is 39.6 Å². The van der Waals surface area contributed by atoms with Crippen LogP contribution in [0.25, 0.3) is 0 Å². The highest BCUT2D eigenvalue weighted by Crippen LogP contribution is 2.24. The Morgan fingerprint density at radius 2 is 1.84 bits per heavy atom. The number of amides is 1. The average molecular weight is 363 g/mol. The monoisotopic (exact) mass is 363 g/mol. The molecule has 8 heteroatoms. The Balaban J connectivity index is 1.56. The Labute approximate surface area is 146 Å². The standard InChI is InChI=1S/C17H21N3O4S/c21-16(13-7-3-1-4-8-13)18-17-20-19-15(24-17)11-12-25(22,23)14-9-5-2-6-10-14/h2,5-6,9-10,13H,1,3-4,7-8,11-12H2,(H,18,20,21). The molecule has 134 valence electrons. The maximum atomic E-state index is 12.2. The summed E-state index contributed by atoms with van der Waals surface area (Å²) in [6.07, 6.45) is 5.15. The fourth-order valence-corrected chi connectivity index (χ4v) is 4.20. The summed E-state index contributed by atoms with van der Waals surface area (Å²) in [6, 6.07) is 8.26. The average Bonchev–Trinajstić information content (AvgIpc) is 3.09. The highest BCUT2D eigenvalue weighted by atomic mass is 32.2. The Morgan fingerprint density at radius 3 is 2.56 bits per heavy atom. The molecule has 0 bridgehead atoms. The molecule has 2 aromatic rings. The van der Waals surface area contributed by atoms with Crippen molar-refractivity contribution >= 4 is 21.8 Å². The summed E-state index contributed by atoms with van der Waals surface area (Å²) in [7, 11) is -3.40. The summed E-state index contributed by atoms with van der Waals surface area (Å²) < 4.78 is 29.8. The second-order valence-corrected chi connectivity index (χ2v) is 8.32. The van der Waals surface area contributed by atoms with Gasteiger partial charge < -0.3 is 4.42 Å². The number of aryl methyl sites for hydroxylation is 1. The molecule has 1 saturated carbocycles. The van der Waals surface area contributed by atoms with Gasteiger partial charge in [-0.1, -0.05) is 42.6 Å². The van der Waals surface area contributed by atoms with Crippen molar-refractivity contribution in [3.63, 3.8) is 0 Å². The molecule has 1 amide bonds. The molecule has 0 aliphatic heterocycles. The minimum Gasteiger partial charge on any atom is -0.408 e. The van der Waals surface area contributed by atoms with Crippen LogP contribution in [0.1, 0.15) is 38.0 Å². The second-order valence-electron chi connectivity index (χ2n) is 6.21. The molecule has 0 saturated heterocycles. The number of carbonyl (C=O) groups is 1. The Kier molecular flexibility index (Phi) is 5.47. The normalized spacial score (nSPS) is 15.8. The van der Waals surface area contributed by atoms with Gasteiger partial charge in [0.2, 0.25) is 11.8 Å². The molecule has 1 fully saturated rings. The zero-order chi connectivity index (χ0) is 17.7. The lowest BCUT2D eigenvalue weighted by Gasteiger charge is -2.19. The summed E-state index contributed by atoms with van der Waals surface area (Å²) >= 11 is 0. The fraction of sp³-hybridized carbons (Fsp3) is 0.471. The van der Waals surface area contributed by atoms with E-state index in [0.29, 0.717) is 0 Å². The summed E-state index contributed by atoms with van der Waals surface area (Å²) in [4.78, 5) is 12.4. The van der Waals surface area contributed by atoms with Crippen LogP contribution >= 0.6 is 0 Å². The highest BCUT2D eigenvalue weighted by molar-refractivity contribution is 7.91. The lowest BCUT2D eigenvalue weighted by atomic mass is 9.89. The Morgan fingerprint density at radius 1 is 1.12 bits per heavy atom. The van der Waals surface area contributed by atoms with Crippen LogP contribution in [0.4, 0.5) is 6.01 Å². The van der Waals surface area contributed by atoms with Gasteiger partial charge in [-0.25, -0.2) is 8.42 Å². The SMILES string of the molecule is O=C(Nc1nnc(CCS(=O)(=O)c2ccccc2)o1)C1CCCCC1. The number of hydrogen-bond donors (Lipinski definition) is 1. The predicted molar refractivity (Wildman–Crippen MR) is 91.7 cm³/mol. The van der Waals surface area contributed by atoms with Crippen molar-refractivity contribution < 1.29 is 17.6 Å². The van der Waals surface area contributed by atoms with Gasteiger partial charge in [0.25, 0.3) is 0 Å². The van der Waals surface area contributed by atoms with Gasteiger partial charge in [0.05, 0.1) is 10.6 Å². The van der Waals surface area contributed by atoms with Crippen molar-refractivity contribution in [1.82, 2.24) is 10.2 Å². The van der Waals surface area contributed by atoms with Gasteiger partial charge in [-0.3, -0.25) is 10.1 Å². The fourth-order valence-electron chi connectivity index (χ4n) is 2.94. The number of anilines is 1. The van der Waals surface area contributed by atoms with Crippen molar-refractivity contribution in [2.24, 2.45) is 5.92 Å². The van der Waals surface area contributed by atoms with Gasteiger partial charge >= 0.3 is 6.01 Å². The lowest BCUT2D eigenvalue weighted by molar-refractivity contribution is -0.120. The third-order valence-corrected chi connectivity index (χ3v) is 6.09. The largest absolute Gasteiger partial charge is 0.408 e. The maximum Gasteiger partial charge on any atom is 0.322 e. The van der Waals surface area contributed by atoms with Gasteiger partial charge in [-0.2, -0.15) is 0 Å². The number of hydrogen-bond acceptors (Lipinski definition) is 6. The van der Waals surface area contributed by atoms with Gasteiger partial charge in [0.15, 0.2) is 9.84 Å². The first-order valence-corrected chi connectivity index (χ1v) is 10.1. The molecular formula is C17H21N3O4S. The van der Waals surface area contributed by atoms with Gasteiger partial charge in [-0.15, -0.1) is 5.10 Å². The second kappa shape index (κ2) is 7.77. The molecule has 1 N–H and O–H groups in total. The van der Waals surface area contributed by atoms with Crippen molar-refractivity contribution in [1.29, 1.82) is 0 Å². The summed E-state index contributed by atoms with van der Waals surface area (Å²) in [5.74, 6) is -0.0531. The molecule has 1 aliphatic rings. The van der Waals surface area contributed by atoms with Gasteiger partial charge in [0.1, 0.15) is 0 Å². The van der Waals surface area contributed by atoms with E-state index in [1.807, 2.05) is 0 Å². The summed E-state index contributed by atoms with van der Waals surface area (Å²) in [5.41, 5.74) is 0. The third-order valence-electron chi connectivity index (χ3n) is 4.36. The first-order valence-electron chi connectivity index (χ1n) is 8.46. The number of benzene rings is 1. The van der Waals surface area contributed by atoms with Crippen molar-refractivity contribution in [3.8, 4) is 0 Å². The smallest absolute Gasteiger partial charge is 0.322 e. The maximum absolute atomic E-state index is 12.2. The van der Waals surface area contributed by atoms with Gasteiger partial charge in [-0.05, 0) is 25.0 Å². The van der Waals surface area contributed by atoms with Crippen LogP contribution in [0.2, 0.25) is 0 Å². The van der Waals surface area contributed by atoms with Crippen molar-refractivity contribution in [3.05, 3.63) is 36.2 Å². The Hall–Kier alpha value is -2.22. The van der Waals surface area contributed by atoms with Crippen LogP contribution in [-0.2, 0) is 21.1 Å². The first kappa shape index (κ1) is 17.6.